The lowest BCUT2D eigenvalue weighted by molar-refractivity contribution is -0.671. The number of nitrogens with one attached hydrogen (secondary N) is 1. The summed E-state index contributed by atoms with van der Waals surface area (Å²) in [6, 6.07) is 9.63. The summed E-state index contributed by atoms with van der Waals surface area (Å²) in [4.78, 5) is 11.9. The predicted octanol–water partition coefficient (Wildman–Crippen LogP) is 5.39. The number of aryl methyl sites for hydroxylation is 2. The minimum Gasteiger partial charge on any atom is -0.282 e. The van der Waals surface area contributed by atoms with Crippen molar-refractivity contribution in [1.82, 2.24) is 5.43 Å². The second-order valence-electron chi connectivity index (χ2n) is 8.56. The third-order valence-electron chi connectivity index (χ3n) is 5.26. The van der Waals surface area contributed by atoms with Crippen LogP contribution in [0.15, 0.2) is 58.8 Å². The van der Waals surface area contributed by atoms with Crippen molar-refractivity contribution in [2.45, 2.75) is 83.5 Å². The number of carbonyl (C=O) groups excluding carboxylic acids is 1. The van der Waals surface area contributed by atoms with E-state index in [1.165, 1.54) is 57.1 Å². The Morgan fingerprint density at radius 1 is 1.00 bits per heavy atom. The molecule has 2 aromatic rings. The molecule has 0 aliphatic carbocycles. The van der Waals surface area contributed by atoms with E-state index in [1.807, 2.05) is 37.7 Å². The normalized spacial score (nSPS) is 11.5. The van der Waals surface area contributed by atoms with Gasteiger partial charge in [-0.1, -0.05) is 69.6 Å². The smallest absolute Gasteiger partial charge is 0.282 e. The van der Waals surface area contributed by atoms with Crippen LogP contribution in [0.3, 0.4) is 0 Å². The maximum Gasteiger partial charge on any atom is 0.294 e. The molecule has 0 unspecified atom stereocenters. The van der Waals surface area contributed by atoms with Gasteiger partial charge >= 0.3 is 0 Å². The molecule has 1 heterocycles. The highest BCUT2D eigenvalue weighted by Crippen LogP contribution is 2.10. The molecule has 2 rings (SSSR count). The Labute approximate surface area is 205 Å². The van der Waals surface area contributed by atoms with Crippen LogP contribution in [0.4, 0.5) is 0 Å². The van der Waals surface area contributed by atoms with E-state index < -0.39 is 10.1 Å². The number of hydrogen-bond acceptors (Lipinski definition) is 4. The molecule has 8 heteroatoms. The average Bonchev–Trinajstić information content (AvgIpc) is 2.79. The Kier molecular flexibility index (Phi) is 14.0. The van der Waals surface area contributed by atoms with Gasteiger partial charge in [-0.2, -0.15) is 13.5 Å². The number of carbonyl (C=O) groups is 1. The lowest BCUT2D eigenvalue weighted by atomic mass is 10.1. The second-order valence-corrected chi connectivity index (χ2v) is 9.98. The van der Waals surface area contributed by atoms with Crippen LogP contribution in [0.1, 0.15) is 87.6 Å². The van der Waals surface area contributed by atoms with Crippen molar-refractivity contribution in [3.05, 3.63) is 59.9 Å². The van der Waals surface area contributed by atoms with E-state index in [0.29, 0.717) is 5.56 Å². The third kappa shape index (κ3) is 13.2. The minimum absolute atomic E-state index is 0.0666. The molecule has 0 saturated heterocycles. The summed E-state index contributed by atoms with van der Waals surface area (Å²) in [7, 11) is -2.12. The van der Waals surface area contributed by atoms with E-state index in [2.05, 4.69) is 17.5 Å². The van der Waals surface area contributed by atoms with Crippen molar-refractivity contribution < 1.29 is 22.3 Å². The van der Waals surface area contributed by atoms with Gasteiger partial charge in [0.2, 0.25) is 0 Å². The van der Waals surface area contributed by atoms with Gasteiger partial charge in [-0.05, 0) is 44.9 Å². The first-order valence-corrected chi connectivity index (χ1v) is 13.4. The molecule has 7 nitrogen and oxygen atoms in total. The second kappa shape index (κ2) is 16.1. The molecule has 0 saturated carbocycles. The summed E-state index contributed by atoms with van der Waals surface area (Å²) in [6.07, 6.45) is 15.1. The van der Waals surface area contributed by atoms with Gasteiger partial charge in [0.25, 0.3) is 16.0 Å². The van der Waals surface area contributed by atoms with Crippen LogP contribution >= 0.6 is 0 Å². The summed E-state index contributed by atoms with van der Waals surface area (Å²) >= 11 is 0. The molecular formula is C26H40N3O4S+. The van der Waals surface area contributed by atoms with E-state index >= 15 is 0 Å². The third-order valence-corrected chi connectivity index (χ3v) is 6.13. The first kappa shape index (κ1) is 29.5. The van der Waals surface area contributed by atoms with Gasteiger partial charge in [0.05, 0.1) is 4.90 Å². The maximum absolute atomic E-state index is 12.0. The Hall–Kier alpha value is -2.58. The Morgan fingerprint density at radius 2 is 1.59 bits per heavy atom. The molecule has 0 spiro atoms. The van der Waals surface area contributed by atoms with Crippen LogP contribution in [0.2, 0.25) is 0 Å². The highest BCUT2D eigenvalue weighted by Gasteiger charge is 2.08. The van der Waals surface area contributed by atoms with E-state index in [4.69, 9.17) is 4.55 Å². The van der Waals surface area contributed by atoms with Gasteiger partial charge in [0.1, 0.15) is 12.6 Å². The van der Waals surface area contributed by atoms with E-state index in [1.54, 1.807) is 24.4 Å². The molecular weight excluding hydrogens is 450 g/mol. The van der Waals surface area contributed by atoms with Crippen LogP contribution in [0.5, 0.6) is 0 Å². The van der Waals surface area contributed by atoms with Crippen LogP contribution in [-0.4, -0.2) is 24.6 Å². The van der Waals surface area contributed by atoms with E-state index in [0.717, 1.165) is 24.1 Å². The monoisotopic (exact) mass is 490 g/mol. The fourth-order valence-corrected chi connectivity index (χ4v) is 3.69. The zero-order chi connectivity index (χ0) is 25.4. The molecule has 0 fully saturated rings. The number of hydrazone groups is 1. The summed E-state index contributed by atoms with van der Waals surface area (Å²) in [5.41, 5.74) is 5.21. The predicted molar refractivity (Wildman–Crippen MR) is 136 cm³/mol. The zero-order valence-corrected chi connectivity index (χ0v) is 21.8. The van der Waals surface area contributed by atoms with E-state index in [9.17, 15) is 13.2 Å². The molecule has 0 atom stereocenters. The van der Waals surface area contributed by atoms with Crippen molar-refractivity contribution in [3.8, 4) is 0 Å². The van der Waals surface area contributed by atoms with Crippen molar-refractivity contribution >= 4 is 21.7 Å². The van der Waals surface area contributed by atoms with Gasteiger partial charge in [-0.15, -0.1) is 0 Å². The Bertz CT molecular complexity index is 1000. The van der Waals surface area contributed by atoms with Gasteiger partial charge in [0.15, 0.2) is 12.4 Å². The van der Waals surface area contributed by atoms with Crippen molar-refractivity contribution in [1.29, 1.82) is 0 Å². The number of rotatable bonds is 12. The minimum atomic E-state index is -4.02. The Morgan fingerprint density at radius 3 is 2.15 bits per heavy atom. The van der Waals surface area contributed by atoms with Crippen molar-refractivity contribution in [2.75, 3.05) is 0 Å². The molecule has 0 aliphatic rings. The zero-order valence-electron chi connectivity index (χ0n) is 21.0. The average molecular weight is 491 g/mol. The highest BCUT2D eigenvalue weighted by molar-refractivity contribution is 7.85. The summed E-state index contributed by atoms with van der Waals surface area (Å²) < 4.78 is 31.4. The van der Waals surface area contributed by atoms with Crippen molar-refractivity contribution in [3.63, 3.8) is 0 Å². The van der Waals surface area contributed by atoms with Crippen LogP contribution in [0.25, 0.3) is 0 Å². The van der Waals surface area contributed by atoms with Crippen LogP contribution < -0.4 is 9.99 Å². The van der Waals surface area contributed by atoms with Crippen molar-refractivity contribution in [2.24, 2.45) is 12.1 Å². The standard InChI is InChI=1S/C19H31N3O.C7H8O3S/c1-4-5-6-7-8-9-10-11-13-17(2)20-21-19(23)18-14-12-15-22(3)16-18;1-6-2-4-7(5-3-6)11(8,9)10/h12,14-16H,4-11,13H2,1-3H3;2-5H,1H3,(H,8,9,10)/p+1/b20-17+;. The number of pyridine rings is 1. The highest BCUT2D eigenvalue weighted by atomic mass is 32.2. The lowest BCUT2D eigenvalue weighted by Gasteiger charge is -2.03. The number of amides is 1. The number of benzene rings is 1. The largest absolute Gasteiger partial charge is 0.294 e. The van der Waals surface area contributed by atoms with Gasteiger partial charge in [-0.25, -0.2) is 9.99 Å². The number of hydrogen-bond donors (Lipinski definition) is 2. The molecule has 1 amide bonds. The number of unbranched alkanes of at least 4 members (excludes halogenated alkanes) is 7. The molecule has 188 valence electrons. The molecule has 0 aliphatic heterocycles. The molecule has 1 aromatic heterocycles. The molecule has 0 radical (unpaired) electrons. The first-order valence-electron chi connectivity index (χ1n) is 12.0. The summed E-state index contributed by atoms with van der Waals surface area (Å²) in [5.74, 6) is -0.156. The summed E-state index contributed by atoms with van der Waals surface area (Å²) in [5, 5.41) is 4.20. The fraction of sp³-hybridized carbons (Fsp3) is 0.500. The SMILES string of the molecule is CCCCCCCCCC/C(C)=N/NC(=O)c1ccc[n+](C)c1.Cc1ccc(S(=O)(=O)O)cc1. The fourth-order valence-electron chi connectivity index (χ4n) is 3.21. The lowest BCUT2D eigenvalue weighted by Crippen LogP contribution is -2.30. The summed E-state index contributed by atoms with van der Waals surface area (Å²) in [6.45, 7) is 6.07. The first-order chi connectivity index (χ1) is 16.1. The van der Waals surface area contributed by atoms with E-state index in [-0.39, 0.29) is 10.8 Å². The molecule has 0 bridgehead atoms. The number of nitrogens with zero attached hydrogens (tertiary/aromatic N) is 2. The van der Waals surface area contributed by atoms with Gasteiger partial charge < -0.3 is 0 Å². The topological polar surface area (TPSA) is 99.7 Å². The molecule has 1 aromatic carbocycles. The van der Waals surface area contributed by atoms with Gasteiger partial charge in [-0.3, -0.25) is 9.35 Å². The Balaban J connectivity index is 0.000000437. The van der Waals surface area contributed by atoms with Crippen LogP contribution in [0, 0.1) is 6.92 Å². The van der Waals surface area contributed by atoms with Crippen LogP contribution in [-0.2, 0) is 17.2 Å². The van der Waals surface area contributed by atoms with Gasteiger partial charge in [0, 0.05) is 11.8 Å². The quantitative estimate of drug-likeness (QED) is 0.137. The molecule has 2 N–H and O–H groups in total. The molecule has 34 heavy (non-hydrogen) atoms. The number of aromatic nitrogens is 1. The maximum atomic E-state index is 12.0.